The standard InChI is InChI=1S/C15H24F2N6O2S/c1-3-5-22-14(12-4-6-23(12)26(2,24)25)18-19-15(22)21-9-7-20(8-10-21)11-13(16)17/h3,12-13H,1,4-11H2,2H3. The van der Waals surface area contributed by atoms with Crippen LogP contribution < -0.4 is 4.90 Å². The predicted octanol–water partition coefficient (Wildman–Crippen LogP) is 0.558. The van der Waals surface area contributed by atoms with Crippen LogP contribution in [0.2, 0.25) is 0 Å². The van der Waals surface area contributed by atoms with Gasteiger partial charge < -0.3 is 4.90 Å². The van der Waals surface area contributed by atoms with Crippen molar-refractivity contribution in [1.29, 1.82) is 0 Å². The Hall–Kier alpha value is -1.59. The summed E-state index contributed by atoms with van der Waals surface area (Å²) in [5.41, 5.74) is 0. The average Bonchev–Trinajstić information content (AvgIpc) is 2.89. The highest BCUT2D eigenvalue weighted by atomic mass is 32.2. The van der Waals surface area contributed by atoms with Crippen LogP contribution in [0.1, 0.15) is 18.3 Å². The van der Waals surface area contributed by atoms with Crippen LogP contribution in [-0.4, -0.2) is 84.3 Å². The van der Waals surface area contributed by atoms with Gasteiger partial charge in [-0.1, -0.05) is 6.08 Å². The molecule has 0 saturated carbocycles. The fourth-order valence-electron chi connectivity index (χ4n) is 3.44. The fourth-order valence-corrected chi connectivity index (χ4v) is 4.53. The molecule has 0 aliphatic carbocycles. The first-order valence-electron chi connectivity index (χ1n) is 8.57. The van der Waals surface area contributed by atoms with Crippen LogP contribution in [0.25, 0.3) is 0 Å². The van der Waals surface area contributed by atoms with Crippen LogP contribution in [0.4, 0.5) is 14.7 Å². The van der Waals surface area contributed by atoms with E-state index in [9.17, 15) is 17.2 Å². The lowest BCUT2D eigenvalue weighted by molar-refractivity contribution is 0.0852. The maximum Gasteiger partial charge on any atom is 0.251 e. The van der Waals surface area contributed by atoms with Crippen LogP contribution in [0.15, 0.2) is 12.7 Å². The number of hydrogen-bond donors (Lipinski definition) is 0. The Morgan fingerprint density at radius 2 is 1.92 bits per heavy atom. The van der Waals surface area contributed by atoms with E-state index in [0.717, 1.165) is 0 Å². The summed E-state index contributed by atoms with van der Waals surface area (Å²) in [6, 6.07) is -0.314. The van der Waals surface area contributed by atoms with E-state index >= 15 is 0 Å². The zero-order chi connectivity index (χ0) is 18.9. The molecule has 146 valence electrons. The second-order valence-corrected chi connectivity index (χ2v) is 8.55. The van der Waals surface area contributed by atoms with Gasteiger partial charge in [0, 0.05) is 39.3 Å². The van der Waals surface area contributed by atoms with Gasteiger partial charge in [0.05, 0.1) is 18.8 Å². The largest absolute Gasteiger partial charge is 0.338 e. The molecule has 1 atom stereocenters. The molecule has 1 aromatic heterocycles. The number of piperazine rings is 1. The molecule has 0 amide bonds. The van der Waals surface area contributed by atoms with Crippen LogP contribution in [-0.2, 0) is 16.6 Å². The molecule has 2 fully saturated rings. The summed E-state index contributed by atoms with van der Waals surface area (Å²) < 4.78 is 52.1. The Bertz CT molecular complexity index is 745. The van der Waals surface area contributed by atoms with Gasteiger partial charge in [-0.05, 0) is 6.42 Å². The van der Waals surface area contributed by atoms with Gasteiger partial charge in [-0.25, -0.2) is 17.2 Å². The monoisotopic (exact) mass is 390 g/mol. The van der Waals surface area contributed by atoms with Crippen LogP contribution in [0, 0.1) is 0 Å². The minimum absolute atomic E-state index is 0.218. The molecule has 0 aromatic carbocycles. The molecule has 3 rings (SSSR count). The molecule has 26 heavy (non-hydrogen) atoms. The molecule has 2 saturated heterocycles. The minimum Gasteiger partial charge on any atom is -0.338 e. The number of anilines is 1. The Balaban J connectivity index is 1.77. The second-order valence-electron chi connectivity index (χ2n) is 6.61. The first kappa shape index (κ1) is 19.2. The third-order valence-electron chi connectivity index (χ3n) is 4.82. The SMILES string of the molecule is C=CCn1c(C2CCN2S(C)(=O)=O)nnc1N1CCN(CC(F)F)CC1. The summed E-state index contributed by atoms with van der Waals surface area (Å²) in [5, 5.41) is 8.51. The molecule has 2 aliphatic rings. The topological polar surface area (TPSA) is 74.6 Å². The third kappa shape index (κ3) is 3.89. The number of aromatic nitrogens is 3. The summed E-state index contributed by atoms with van der Waals surface area (Å²) in [7, 11) is -3.29. The van der Waals surface area contributed by atoms with Crippen molar-refractivity contribution in [2.45, 2.75) is 25.4 Å². The first-order chi connectivity index (χ1) is 12.3. The Kier molecular flexibility index (Phi) is 5.58. The maximum absolute atomic E-state index is 12.5. The normalized spacial score (nSPS) is 22.6. The van der Waals surface area contributed by atoms with E-state index in [4.69, 9.17) is 0 Å². The number of nitrogens with zero attached hydrogens (tertiary/aromatic N) is 6. The molecule has 0 N–H and O–H groups in total. The van der Waals surface area contributed by atoms with Crippen molar-refractivity contribution in [3.63, 3.8) is 0 Å². The number of alkyl halides is 2. The van der Waals surface area contributed by atoms with E-state index in [1.54, 1.807) is 11.0 Å². The summed E-state index contributed by atoms with van der Waals surface area (Å²) >= 11 is 0. The van der Waals surface area contributed by atoms with Crippen molar-refractivity contribution in [3.05, 3.63) is 18.5 Å². The number of hydrogen-bond acceptors (Lipinski definition) is 6. The molecular formula is C15H24F2N6O2S. The van der Waals surface area contributed by atoms with Crippen LogP contribution in [0.3, 0.4) is 0 Å². The summed E-state index contributed by atoms with van der Waals surface area (Å²) in [6.45, 7) is 6.68. The molecule has 1 aromatic rings. The Morgan fingerprint density at radius 3 is 2.42 bits per heavy atom. The first-order valence-corrected chi connectivity index (χ1v) is 10.4. The Morgan fingerprint density at radius 1 is 1.23 bits per heavy atom. The zero-order valence-corrected chi connectivity index (χ0v) is 15.6. The average molecular weight is 390 g/mol. The highest BCUT2D eigenvalue weighted by molar-refractivity contribution is 7.88. The van der Waals surface area contributed by atoms with E-state index in [-0.39, 0.29) is 12.6 Å². The lowest BCUT2D eigenvalue weighted by Crippen LogP contribution is -2.49. The quantitative estimate of drug-likeness (QED) is 0.634. The van der Waals surface area contributed by atoms with Gasteiger partial charge in [0.15, 0.2) is 5.82 Å². The zero-order valence-electron chi connectivity index (χ0n) is 14.8. The van der Waals surface area contributed by atoms with E-state index in [1.165, 1.54) is 10.6 Å². The van der Waals surface area contributed by atoms with Gasteiger partial charge >= 0.3 is 0 Å². The molecular weight excluding hydrogens is 366 g/mol. The number of sulfonamides is 1. The minimum atomic E-state index is -3.29. The second kappa shape index (κ2) is 7.57. The smallest absolute Gasteiger partial charge is 0.251 e. The summed E-state index contributed by atoms with van der Waals surface area (Å²) in [4.78, 5) is 3.74. The molecule has 0 radical (unpaired) electrons. The molecule has 3 heterocycles. The highest BCUT2D eigenvalue weighted by Crippen LogP contribution is 2.35. The van der Waals surface area contributed by atoms with Crippen molar-refractivity contribution in [1.82, 2.24) is 24.0 Å². The van der Waals surface area contributed by atoms with Crippen LogP contribution in [0.5, 0.6) is 0 Å². The van der Waals surface area contributed by atoms with Gasteiger partial charge in [0.1, 0.15) is 0 Å². The number of allylic oxidation sites excluding steroid dienone is 1. The molecule has 8 nitrogen and oxygen atoms in total. The maximum atomic E-state index is 12.5. The molecule has 0 bridgehead atoms. The Labute approximate surface area is 152 Å². The van der Waals surface area contributed by atoms with E-state index in [0.29, 0.717) is 57.5 Å². The fraction of sp³-hybridized carbons (Fsp3) is 0.733. The van der Waals surface area contributed by atoms with E-state index in [2.05, 4.69) is 16.8 Å². The van der Waals surface area contributed by atoms with Crippen molar-refractivity contribution in [2.24, 2.45) is 0 Å². The van der Waals surface area contributed by atoms with Crippen molar-refractivity contribution in [3.8, 4) is 0 Å². The van der Waals surface area contributed by atoms with Gasteiger partial charge in [0.2, 0.25) is 16.0 Å². The van der Waals surface area contributed by atoms with Gasteiger partial charge in [0.25, 0.3) is 6.43 Å². The summed E-state index contributed by atoms with van der Waals surface area (Å²) in [6.07, 6.45) is 1.27. The third-order valence-corrected chi connectivity index (χ3v) is 6.11. The molecule has 1 unspecified atom stereocenters. The van der Waals surface area contributed by atoms with Crippen LogP contribution >= 0.6 is 0 Å². The van der Waals surface area contributed by atoms with Crippen molar-refractivity contribution >= 4 is 16.0 Å². The summed E-state index contributed by atoms with van der Waals surface area (Å²) in [5.74, 6) is 1.24. The molecule has 0 spiro atoms. The molecule has 11 heteroatoms. The van der Waals surface area contributed by atoms with Crippen molar-refractivity contribution in [2.75, 3.05) is 50.4 Å². The van der Waals surface area contributed by atoms with Gasteiger partial charge in [-0.15, -0.1) is 16.8 Å². The number of rotatable bonds is 7. The van der Waals surface area contributed by atoms with E-state index in [1.807, 2.05) is 9.47 Å². The predicted molar refractivity (Wildman–Crippen MR) is 93.8 cm³/mol. The van der Waals surface area contributed by atoms with E-state index < -0.39 is 16.4 Å². The lowest BCUT2D eigenvalue weighted by Gasteiger charge is -2.38. The molecule has 2 aliphatic heterocycles. The number of halogens is 2. The van der Waals surface area contributed by atoms with Gasteiger partial charge in [-0.3, -0.25) is 9.47 Å². The van der Waals surface area contributed by atoms with Crippen molar-refractivity contribution < 1.29 is 17.2 Å². The lowest BCUT2D eigenvalue weighted by atomic mass is 10.1. The highest BCUT2D eigenvalue weighted by Gasteiger charge is 2.40. The van der Waals surface area contributed by atoms with Gasteiger partial charge in [-0.2, -0.15) is 4.31 Å².